The minimum Gasteiger partial charge on any atom is -0.397 e. The lowest BCUT2D eigenvalue weighted by atomic mass is 10.2. The number of aromatic nitrogens is 3. The van der Waals surface area contributed by atoms with Crippen molar-refractivity contribution in [2.45, 2.75) is 25.5 Å². The monoisotopic (exact) mass is 315 g/mol. The van der Waals surface area contributed by atoms with E-state index in [4.69, 9.17) is 16.2 Å². The van der Waals surface area contributed by atoms with Crippen LogP contribution < -0.4 is 11.5 Å². The van der Waals surface area contributed by atoms with Crippen molar-refractivity contribution in [2.75, 3.05) is 18.1 Å². The molecule has 4 rings (SSSR count). The Hall–Kier alpha value is -2.12. The standard InChI is InChI=1S/C15H17N5OS/c16-9-7-13(17)19-10-8-12(22-15(9)10)11-4-5-18-20(11)14-3-1-2-6-21-14/h4-5,7-8,14H,1-3,6H2,(H4,16,17,19). The number of nitrogens with two attached hydrogens (primary N) is 2. The highest BCUT2D eigenvalue weighted by atomic mass is 32.1. The Labute approximate surface area is 131 Å². The SMILES string of the molecule is Nc1cc(N)c2sc(-c3ccnn3C3CCCCO3)cc2n1. The molecule has 7 heteroatoms. The molecule has 6 nitrogen and oxygen atoms in total. The number of anilines is 2. The van der Waals surface area contributed by atoms with Crippen molar-refractivity contribution in [3.8, 4) is 10.6 Å². The molecule has 0 spiro atoms. The third-order valence-corrected chi connectivity index (χ3v) is 5.07. The molecule has 22 heavy (non-hydrogen) atoms. The first kappa shape index (κ1) is 13.5. The molecule has 0 radical (unpaired) electrons. The number of pyridine rings is 1. The second kappa shape index (κ2) is 5.26. The van der Waals surface area contributed by atoms with Gasteiger partial charge in [0.25, 0.3) is 0 Å². The molecule has 1 aliphatic heterocycles. The van der Waals surface area contributed by atoms with Gasteiger partial charge < -0.3 is 16.2 Å². The fraction of sp³-hybridized carbons (Fsp3) is 0.333. The molecule has 3 aromatic heterocycles. The number of hydrogen-bond acceptors (Lipinski definition) is 6. The average Bonchev–Trinajstić information content (AvgIpc) is 3.13. The summed E-state index contributed by atoms with van der Waals surface area (Å²) in [6.45, 7) is 0.793. The first-order valence-electron chi connectivity index (χ1n) is 7.33. The van der Waals surface area contributed by atoms with Crippen molar-refractivity contribution in [3.63, 3.8) is 0 Å². The van der Waals surface area contributed by atoms with E-state index in [9.17, 15) is 0 Å². The van der Waals surface area contributed by atoms with E-state index in [-0.39, 0.29) is 6.23 Å². The van der Waals surface area contributed by atoms with Crippen LogP contribution in [-0.2, 0) is 4.74 Å². The van der Waals surface area contributed by atoms with Gasteiger partial charge in [-0.1, -0.05) is 0 Å². The first-order chi connectivity index (χ1) is 10.7. The average molecular weight is 315 g/mol. The van der Waals surface area contributed by atoms with Gasteiger partial charge in [0.1, 0.15) is 5.82 Å². The van der Waals surface area contributed by atoms with E-state index in [1.165, 1.54) is 6.42 Å². The fourth-order valence-corrected chi connectivity index (χ4v) is 3.89. The number of nitrogens with zero attached hydrogens (tertiary/aromatic N) is 3. The molecular formula is C15H17N5OS. The highest BCUT2D eigenvalue weighted by Crippen LogP contribution is 2.37. The minimum absolute atomic E-state index is 0.0133. The van der Waals surface area contributed by atoms with Gasteiger partial charge >= 0.3 is 0 Å². The number of rotatable bonds is 2. The van der Waals surface area contributed by atoms with Crippen molar-refractivity contribution in [2.24, 2.45) is 0 Å². The van der Waals surface area contributed by atoms with Crippen LogP contribution in [0.2, 0.25) is 0 Å². The molecule has 1 unspecified atom stereocenters. The molecule has 4 heterocycles. The zero-order chi connectivity index (χ0) is 15.1. The lowest BCUT2D eigenvalue weighted by Gasteiger charge is -2.24. The molecule has 0 bridgehead atoms. The molecule has 114 valence electrons. The molecule has 1 fully saturated rings. The third-order valence-electron chi connectivity index (χ3n) is 3.88. The molecular weight excluding hydrogens is 298 g/mol. The Morgan fingerprint density at radius 1 is 1.27 bits per heavy atom. The van der Waals surface area contributed by atoms with Crippen molar-refractivity contribution in [1.82, 2.24) is 14.8 Å². The number of hydrogen-bond donors (Lipinski definition) is 2. The van der Waals surface area contributed by atoms with Gasteiger partial charge in [0.2, 0.25) is 0 Å². The zero-order valence-electron chi connectivity index (χ0n) is 12.0. The number of thiophene rings is 1. The van der Waals surface area contributed by atoms with Crippen molar-refractivity contribution < 1.29 is 4.74 Å². The summed E-state index contributed by atoms with van der Waals surface area (Å²) in [6.07, 6.45) is 5.10. The Morgan fingerprint density at radius 2 is 2.18 bits per heavy atom. The highest BCUT2D eigenvalue weighted by molar-refractivity contribution is 7.22. The van der Waals surface area contributed by atoms with E-state index >= 15 is 0 Å². The quantitative estimate of drug-likeness (QED) is 0.758. The number of ether oxygens (including phenoxy) is 1. The van der Waals surface area contributed by atoms with Crippen molar-refractivity contribution >= 4 is 33.1 Å². The summed E-state index contributed by atoms with van der Waals surface area (Å²) in [4.78, 5) is 5.43. The normalized spacial score (nSPS) is 18.8. The maximum Gasteiger partial charge on any atom is 0.150 e. The van der Waals surface area contributed by atoms with Crippen LogP contribution >= 0.6 is 11.3 Å². The Kier molecular flexibility index (Phi) is 3.24. The topological polar surface area (TPSA) is 92.0 Å². The molecule has 1 saturated heterocycles. The Morgan fingerprint density at radius 3 is 3.00 bits per heavy atom. The van der Waals surface area contributed by atoms with Gasteiger partial charge in [0, 0.05) is 18.9 Å². The van der Waals surface area contributed by atoms with E-state index in [0.717, 1.165) is 40.2 Å². The molecule has 0 aromatic carbocycles. The first-order valence-corrected chi connectivity index (χ1v) is 8.15. The zero-order valence-corrected chi connectivity index (χ0v) is 12.8. The largest absolute Gasteiger partial charge is 0.397 e. The second-order valence-corrected chi connectivity index (χ2v) is 6.50. The molecule has 3 aromatic rings. The van der Waals surface area contributed by atoms with E-state index in [1.54, 1.807) is 17.4 Å². The fourth-order valence-electron chi connectivity index (χ4n) is 2.85. The van der Waals surface area contributed by atoms with Crippen LogP contribution in [0.1, 0.15) is 25.5 Å². The maximum atomic E-state index is 6.05. The smallest absolute Gasteiger partial charge is 0.150 e. The second-order valence-electron chi connectivity index (χ2n) is 5.44. The van der Waals surface area contributed by atoms with Crippen LogP contribution in [-0.4, -0.2) is 21.4 Å². The Bertz CT molecular complexity index is 819. The molecule has 1 atom stereocenters. The van der Waals surface area contributed by atoms with Gasteiger partial charge in [0.05, 0.1) is 26.5 Å². The summed E-state index contributed by atoms with van der Waals surface area (Å²) in [5.74, 6) is 0.443. The van der Waals surface area contributed by atoms with E-state index in [1.807, 2.05) is 23.0 Å². The van der Waals surface area contributed by atoms with Gasteiger partial charge in [-0.25, -0.2) is 9.67 Å². The lowest BCUT2D eigenvalue weighted by molar-refractivity contribution is -0.0383. The molecule has 1 aliphatic rings. The van der Waals surface area contributed by atoms with Crippen LogP contribution in [0.25, 0.3) is 20.8 Å². The summed E-state index contributed by atoms with van der Waals surface area (Å²) in [5, 5.41) is 4.45. The lowest BCUT2D eigenvalue weighted by Crippen LogP contribution is -2.19. The Balaban J connectivity index is 1.79. The summed E-state index contributed by atoms with van der Waals surface area (Å²) in [5.41, 5.74) is 14.4. The van der Waals surface area contributed by atoms with Gasteiger partial charge in [0.15, 0.2) is 6.23 Å². The van der Waals surface area contributed by atoms with Gasteiger partial charge in [-0.15, -0.1) is 11.3 Å². The molecule has 0 saturated carbocycles. The van der Waals surface area contributed by atoms with E-state index in [2.05, 4.69) is 10.1 Å². The summed E-state index contributed by atoms with van der Waals surface area (Å²) < 4.78 is 8.77. The predicted molar refractivity (Wildman–Crippen MR) is 88.5 cm³/mol. The van der Waals surface area contributed by atoms with Crippen molar-refractivity contribution in [3.05, 3.63) is 24.4 Å². The number of fused-ring (bicyclic) bond motifs is 1. The maximum absolute atomic E-state index is 6.05. The molecule has 0 aliphatic carbocycles. The van der Waals surface area contributed by atoms with Crippen molar-refractivity contribution in [1.29, 1.82) is 0 Å². The summed E-state index contributed by atoms with van der Waals surface area (Å²) in [6, 6.07) is 5.72. The number of nitrogen functional groups attached to an aromatic ring is 2. The van der Waals surface area contributed by atoms with Crippen LogP contribution in [0.15, 0.2) is 24.4 Å². The van der Waals surface area contributed by atoms with Crippen LogP contribution in [0.5, 0.6) is 0 Å². The minimum atomic E-state index is 0.0133. The van der Waals surface area contributed by atoms with E-state index in [0.29, 0.717) is 11.5 Å². The van der Waals surface area contributed by atoms with Crippen LogP contribution in [0.4, 0.5) is 11.5 Å². The van der Waals surface area contributed by atoms with Crippen LogP contribution in [0.3, 0.4) is 0 Å². The molecule has 0 amide bonds. The summed E-state index contributed by atoms with van der Waals surface area (Å²) >= 11 is 1.61. The van der Waals surface area contributed by atoms with Crippen LogP contribution in [0, 0.1) is 0 Å². The van der Waals surface area contributed by atoms with E-state index < -0.39 is 0 Å². The highest BCUT2D eigenvalue weighted by Gasteiger charge is 2.21. The van der Waals surface area contributed by atoms with Gasteiger partial charge in [-0.2, -0.15) is 5.10 Å². The van der Waals surface area contributed by atoms with Gasteiger partial charge in [-0.3, -0.25) is 0 Å². The molecule has 4 N–H and O–H groups in total. The summed E-state index contributed by atoms with van der Waals surface area (Å²) in [7, 11) is 0. The predicted octanol–water partition coefficient (Wildman–Crippen LogP) is 3.02. The van der Waals surface area contributed by atoms with Gasteiger partial charge in [-0.05, 0) is 31.4 Å². The third kappa shape index (κ3) is 2.22.